The van der Waals surface area contributed by atoms with Gasteiger partial charge in [-0.25, -0.2) is 4.68 Å². The van der Waals surface area contributed by atoms with Gasteiger partial charge < -0.3 is 10.2 Å². The molecule has 2 N–H and O–H groups in total. The van der Waals surface area contributed by atoms with Crippen LogP contribution in [0.25, 0.3) is 0 Å². The van der Waals surface area contributed by atoms with Gasteiger partial charge in [-0.2, -0.15) is 0 Å². The van der Waals surface area contributed by atoms with Crippen molar-refractivity contribution in [3.63, 3.8) is 0 Å². The second-order valence-corrected chi connectivity index (χ2v) is 7.73. The number of quaternary nitrogens is 1. The molecule has 2 aromatic carbocycles. The summed E-state index contributed by atoms with van der Waals surface area (Å²) >= 11 is 0. The molecule has 0 unspecified atom stereocenters. The second-order valence-electron chi connectivity index (χ2n) is 7.73. The zero-order valence-electron chi connectivity index (χ0n) is 16.7. The molecule has 1 fully saturated rings. The number of benzene rings is 2. The molecule has 0 bridgehead atoms. The molecule has 1 aliphatic heterocycles. The van der Waals surface area contributed by atoms with Crippen LogP contribution in [0.15, 0.2) is 54.6 Å². The summed E-state index contributed by atoms with van der Waals surface area (Å²) in [5.41, 5.74) is 2.97. The number of carbonyl (C=O) groups is 1. The predicted molar refractivity (Wildman–Crippen MR) is 109 cm³/mol. The molecule has 7 heteroatoms. The summed E-state index contributed by atoms with van der Waals surface area (Å²) in [6.45, 7) is 5.46. The van der Waals surface area contributed by atoms with Gasteiger partial charge in [0.1, 0.15) is 6.54 Å². The maximum atomic E-state index is 12.5. The molecule has 29 heavy (non-hydrogen) atoms. The van der Waals surface area contributed by atoms with E-state index < -0.39 is 0 Å². The number of carbonyl (C=O) groups excluding carboxylic acids is 1. The minimum atomic E-state index is 0.0309. The first kappa shape index (κ1) is 19.3. The summed E-state index contributed by atoms with van der Waals surface area (Å²) in [4.78, 5) is 14.0. The highest BCUT2D eigenvalue weighted by Crippen LogP contribution is 2.09. The molecule has 0 aliphatic carbocycles. The highest BCUT2D eigenvalue weighted by Gasteiger charge is 2.25. The minimum Gasteiger partial charge on any atom is -0.349 e. The average Bonchev–Trinajstić information content (AvgIpc) is 3.17. The number of nitrogens with one attached hydrogen (secondary N) is 2. The molecule has 1 aromatic heterocycles. The van der Waals surface area contributed by atoms with Gasteiger partial charge in [0.25, 0.3) is 5.91 Å². The summed E-state index contributed by atoms with van der Waals surface area (Å²) in [7, 11) is 0. The number of nitrogens with zero attached hydrogens (tertiary/aromatic N) is 4. The van der Waals surface area contributed by atoms with Gasteiger partial charge in [-0.15, -0.1) is 5.10 Å². The van der Waals surface area contributed by atoms with Gasteiger partial charge in [0.15, 0.2) is 0 Å². The van der Waals surface area contributed by atoms with Crippen molar-refractivity contribution in [1.29, 1.82) is 0 Å². The molecule has 0 radical (unpaired) electrons. The number of tetrazole rings is 1. The van der Waals surface area contributed by atoms with E-state index in [-0.39, 0.29) is 11.9 Å². The Bertz CT molecular complexity index is 947. The van der Waals surface area contributed by atoms with Gasteiger partial charge in [-0.3, -0.25) is 4.79 Å². The van der Waals surface area contributed by atoms with Crippen LogP contribution in [0.4, 0.5) is 0 Å². The van der Waals surface area contributed by atoms with Crippen LogP contribution in [0.5, 0.6) is 0 Å². The summed E-state index contributed by atoms with van der Waals surface area (Å²) in [5, 5.41) is 15.5. The lowest BCUT2D eigenvalue weighted by atomic mass is 10.0. The molecule has 0 atom stereocenters. The van der Waals surface area contributed by atoms with Gasteiger partial charge in [0, 0.05) is 24.4 Å². The van der Waals surface area contributed by atoms with Crippen LogP contribution in [-0.2, 0) is 13.1 Å². The summed E-state index contributed by atoms with van der Waals surface area (Å²) < 4.78 is 1.88. The van der Waals surface area contributed by atoms with Crippen molar-refractivity contribution in [3.8, 4) is 0 Å². The number of hydrogen-bond donors (Lipinski definition) is 2. The van der Waals surface area contributed by atoms with E-state index in [1.807, 2.05) is 54.1 Å². The largest absolute Gasteiger partial charge is 0.349 e. The number of aryl methyl sites for hydroxylation is 1. The van der Waals surface area contributed by atoms with Crippen molar-refractivity contribution in [1.82, 2.24) is 25.5 Å². The van der Waals surface area contributed by atoms with Gasteiger partial charge in [-0.1, -0.05) is 48.5 Å². The number of rotatable bonds is 6. The summed E-state index contributed by atoms with van der Waals surface area (Å²) in [5.74, 6) is 0.939. The van der Waals surface area contributed by atoms with Crippen LogP contribution in [0.2, 0.25) is 0 Å². The van der Waals surface area contributed by atoms with Gasteiger partial charge in [0.05, 0.1) is 19.6 Å². The van der Waals surface area contributed by atoms with Crippen LogP contribution in [0.3, 0.4) is 0 Å². The van der Waals surface area contributed by atoms with Crippen molar-refractivity contribution < 1.29 is 9.69 Å². The molecule has 0 saturated carbocycles. The van der Waals surface area contributed by atoms with Gasteiger partial charge in [0.2, 0.25) is 5.82 Å². The molecule has 150 valence electrons. The Morgan fingerprint density at radius 2 is 1.83 bits per heavy atom. The Balaban J connectivity index is 1.29. The number of aromatic nitrogens is 4. The normalized spacial score (nSPS) is 19.1. The van der Waals surface area contributed by atoms with Crippen LogP contribution in [0.1, 0.15) is 40.2 Å². The lowest BCUT2D eigenvalue weighted by Crippen LogP contribution is -3.12. The number of piperidine rings is 1. The number of hydrogen-bond acceptors (Lipinski definition) is 4. The average molecular weight is 391 g/mol. The highest BCUT2D eigenvalue weighted by atomic mass is 16.1. The Kier molecular flexibility index (Phi) is 5.95. The molecule has 3 aromatic rings. The molecular weight excluding hydrogens is 364 g/mol. The Hall–Kier alpha value is -3.06. The fraction of sp³-hybridized carbons (Fsp3) is 0.364. The van der Waals surface area contributed by atoms with Gasteiger partial charge >= 0.3 is 0 Å². The van der Waals surface area contributed by atoms with Crippen LogP contribution in [0, 0.1) is 6.92 Å². The number of likely N-dealkylation sites (tertiary alicyclic amines) is 1. The molecule has 2 heterocycles. The van der Waals surface area contributed by atoms with E-state index >= 15 is 0 Å². The molecule has 0 spiro atoms. The maximum Gasteiger partial charge on any atom is 0.251 e. The van der Waals surface area contributed by atoms with Crippen molar-refractivity contribution in [3.05, 3.63) is 77.1 Å². The van der Waals surface area contributed by atoms with Crippen molar-refractivity contribution in [2.45, 2.75) is 38.9 Å². The van der Waals surface area contributed by atoms with Crippen molar-refractivity contribution in [2.75, 3.05) is 13.1 Å². The Morgan fingerprint density at radius 1 is 1.10 bits per heavy atom. The Labute approximate surface area is 170 Å². The SMILES string of the molecule is Cc1ccccc1C(=O)NC1CC[NH+](Cc2nnnn2Cc2ccccc2)CC1. The molecule has 7 nitrogen and oxygen atoms in total. The molecule has 1 saturated heterocycles. The quantitative estimate of drug-likeness (QED) is 0.657. The smallest absolute Gasteiger partial charge is 0.251 e. The standard InChI is InChI=1S/C22H26N6O/c1-17-7-5-6-10-20(17)22(29)23-19-11-13-27(14-12-19)16-21-24-25-26-28(21)15-18-8-3-2-4-9-18/h2-10,19H,11-16H2,1H3,(H,23,29)/p+1. The predicted octanol–water partition coefficient (Wildman–Crippen LogP) is 1.01. The van der Waals surface area contributed by atoms with E-state index in [2.05, 4.69) is 33.0 Å². The van der Waals surface area contributed by atoms with E-state index in [0.717, 1.165) is 49.4 Å². The monoisotopic (exact) mass is 391 g/mol. The summed E-state index contributed by atoms with van der Waals surface area (Å²) in [6.07, 6.45) is 1.93. The minimum absolute atomic E-state index is 0.0309. The maximum absolute atomic E-state index is 12.5. The fourth-order valence-corrected chi connectivity index (χ4v) is 3.89. The Morgan fingerprint density at radius 3 is 2.59 bits per heavy atom. The zero-order valence-corrected chi connectivity index (χ0v) is 16.7. The molecule has 1 aliphatic rings. The van der Waals surface area contributed by atoms with Crippen molar-refractivity contribution >= 4 is 5.91 Å². The molecule has 4 rings (SSSR count). The topological polar surface area (TPSA) is 77.1 Å². The first-order chi connectivity index (χ1) is 14.2. The van der Waals surface area contributed by atoms with Crippen LogP contribution >= 0.6 is 0 Å². The summed E-state index contributed by atoms with van der Waals surface area (Å²) in [6, 6.07) is 18.2. The number of amides is 1. The first-order valence-corrected chi connectivity index (χ1v) is 10.2. The zero-order chi connectivity index (χ0) is 20.1. The first-order valence-electron chi connectivity index (χ1n) is 10.2. The second kappa shape index (κ2) is 8.96. The molecular formula is C22H27N6O+. The highest BCUT2D eigenvalue weighted by molar-refractivity contribution is 5.95. The van der Waals surface area contributed by atoms with E-state index in [9.17, 15) is 4.79 Å². The van der Waals surface area contributed by atoms with Crippen LogP contribution < -0.4 is 10.2 Å². The van der Waals surface area contributed by atoms with Crippen molar-refractivity contribution in [2.24, 2.45) is 0 Å². The van der Waals surface area contributed by atoms with Crippen LogP contribution in [-0.4, -0.2) is 45.2 Å². The lowest BCUT2D eigenvalue weighted by Gasteiger charge is -2.29. The third-order valence-electron chi connectivity index (χ3n) is 5.61. The fourth-order valence-electron chi connectivity index (χ4n) is 3.89. The molecule has 1 amide bonds. The lowest BCUT2D eigenvalue weighted by molar-refractivity contribution is -0.919. The van der Waals surface area contributed by atoms with E-state index in [1.54, 1.807) is 0 Å². The third-order valence-corrected chi connectivity index (χ3v) is 5.61. The van der Waals surface area contributed by atoms with E-state index in [1.165, 1.54) is 10.5 Å². The van der Waals surface area contributed by atoms with E-state index in [4.69, 9.17) is 0 Å². The third kappa shape index (κ3) is 4.86. The van der Waals surface area contributed by atoms with Gasteiger partial charge in [-0.05, 0) is 34.5 Å². The van der Waals surface area contributed by atoms with E-state index in [0.29, 0.717) is 6.54 Å².